The molecule has 0 unspecified atom stereocenters. The molecule has 32 heavy (non-hydrogen) atoms. The molecule has 0 fully saturated rings. The van der Waals surface area contributed by atoms with Gasteiger partial charge < -0.3 is 20.3 Å². The Morgan fingerprint density at radius 1 is 1.16 bits per heavy atom. The van der Waals surface area contributed by atoms with E-state index in [0.29, 0.717) is 33.3 Å². The molecule has 3 aromatic heterocycles. The zero-order chi connectivity index (χ0) is 22.5. The van der Waals surface area contributed by atoms with Crippen molar-refractivity contribution in [3.05, 3.63) is 76.6 Å². The van der Waals surface area contributed by atoms with E-state index in [1.54, 1.807) is 49.1 Å². The number of fused-ring (bicyclic) bond motifs is 1. The number of carbonyl (C=O) groups is 1. The van der Waals surface area contributed by atoms with Gasteiger partial charge in [0.25, 0.3) is 5.91 Å². The van der Waals surface area contributed by atoms with Crippen LogP contribution in [0.25, 0.3) is 10.9 Å². The Morgan fingerprint density at radius 3 is 2.72 bits per heavy atom. The first kappa shape index (κ1) is 21.9. The van der Waals surface area contributed by atoms with E-state index >= 15 is 0 Å². The Bertz CT molecular complexity index is 1230. The van der Waals surface area contributed by atoms with Gasteiger partial charge in [-0.25, -0.2) is 9.97 Å². The molecule has 3 heterocycles. The Balaban J connectivity index is 1.52. The summed E-state index contributed by atoms with van der Waals surface area (Å²) in [5.74, 6) is -0.328. The molecule has 4 rings (SSSR count). The zero-order valence-electron chi connectivity index (χ0n) is 16.9. The Kier molecular flexibility index (Phi) is 6.72. The number of anilines is 1. The lowest BCUT2D eigenvalue weighted by Gasteiger charge is -2.13. The number of pyridine rings is 2. The minimum atomic E-state index is -0.535. The number of halogens is 2. The molecule has 1 aromatic carbocycles. The summed E-state index contributed by atoms with van der Waals surface area (Å²) in [6, 6.07) is 8.57. The van der Waals surface area contributed by atoms with Crippen molar-refractivity contribution in [1.29, 1.82) is 0 Å². The Labute approximate surface area is 194 Å². The first-order valence-corrected chi connectivity index (χ1v) is 10.7. The van der Waals surface area contributed by atoms with Gasteiger partial charge in [0.15, 0.2) is 11.4 Å². The van der Waals surface area contributed by atoms with Crippen LogP contribution in [0.5, 0.6) is 5.75 Å². The molecule has 0 spiro atoms. The number of rotatable bonds is 8. The number of amides is 1. The van der Waals surface area contributed by atoms with Gasteiger partial charge >= 0.3 is 0 Å². The topological polar surface area (TPSA) is 105 Å². The van der Waals surface area contributed by atoms with Gasteiger partial charge in [-0.05, 0) is 42.3 Å². The second-order valence-corrected chi connectivity index (χ2v) is 7.97. The van der Waals surface area contributed by atoms with Gasteiger partial charge in [0.1, 0.15) is 11.3 Å². The van der Waals surface area contributed by atoms with Crippen LogP contribution in [0.3, 0.4) is 0 Å². The smallest absolute Gasteiger partial charge is 0.274 e. The average molecular weight is 471 g/mol. The molecule has 0 bridgehead atoms. The highest BCUT2D eigenvalue weighted by molar-refractivity contribution is 6.34. The van der Waals surface area contributed by atoms with Crippen molar-refractivity contribution in [1.82, 2.24) is 24.8 Å². The number of nitrogens with zero attached hydrogens (tertiary/aromatic N) is 4. The summed E-state index contributed by atoms with van der Waals surface area (Å²) < 4.78 is 1.98. The van der Waals surface area contributed by atoms with Crippen LogP contribution in [0.1, 0.15) is 22.5 Å². The zero-order valence-corrected chi connectivity index (χ0v) is 18.4. The van der Waals surface area contributed by atoms with Gasteiger partial charge in [0, 0.05) is 53.7 Å². The molecule has 0 aliphatic heterocycles. The van der Waals surface area contributed by atoms with E-state index in [9.17, 15) is 9.90 Å². The molecule has 4 aromatic rings. The van der Waals surface area contributed by atoms with E-state index in [1.165, 1.54) is 0 Å². The quantitative estimate of drug-likeness (QED) is 0.332. The fraction of sp³-hybridized carbons (Fsp3) is 0.182. The van der Waals surface area contributed by atoms with Gasteiger partial charge in [-0.2, -0.15) is 0 Å². The van der Waals surface area contributed by atoms with Gasteiger partial charge in [-0.15, -0.1) is 0 Å². The lowest BCUT2D eigenvalue weighted by atomic mass is 10.1. The lowest BCUT2D eigenvalue weighted by molar-refractivity contribution is 0.0943. The van der Waals surface area contributed by atoms with Crippen molar-refractivity contribution in [2.45, 2.75) is 19.5 Å². The predicted molar refractivity (Wildman–Crippen MR) is 124 cm³/mol. The SMILES string of the molecule is O=C(NCc1cc(Cl)cc(Cl)c1)c1nc(NCCCn2ccnc2)c2cccnc2c1O. The molecule has 8 nitrogen and oxygen atoms in total. The van der Waals surface area contributed by atoms with Crippen molar-refractivity contribution in [3.63, 3.8) is 0 Å². The third-order valence-corrected chi connectivity index (χ3v) is 5.21. The van der Waals surface area contributed by atoms with E-state index in [1.807, 2.05) is 10.8 Å². The highest BCUT2D eigenvalue weighted by Crippen LogP contribution is 2.30. The van der Waals surface area contributed by atoms with Crippen LogP contribution in [0.2, 0.25) is 10.0 Å². The fourth-order valence-electron chi connectivity index (χ4n) is 3.28. The van der Waals surface area contributed by atoms with Crippen LogP contribution < -0.4 is 10.6 Å². The third-order valence-electron chi connectivity index (χ3n) is 4.77. The maximum Gasteiger partial charge on any atom is 0.274 e. The molecule has 1 amide bonds. The minimum Gasteiger partial charge on any atom is -0.504 e. The van der Waals surface area contributed by atoms with Crippen LogP contribution in [-0.2, 0) is 13.1 Å². The van der Waals surface area contributed by atoms with E-state index in [2.05, 4.69) is 25.6 Å². The predicted octanol–water partition coefficient (Wildman–Crippen LogP) is 4.27. The first-order chi connectivity index (χ1) is 15.5. The highest BCUT2D eigenvalue weighted by Gasteiger charge is 2.20. The molecule has 3 N–H and O–H groups in total. The standard InChI is InChI=1S/C22H20Cl2N6O2/c23-15-9-14(10-16(24)11-15)12-28-22(32)19-20(31)18-17(3-1-4-26-18)21(29-19)27-5-2-7-30-8-6-25-13-30/h1,3-4,6,8-11,13,31H,2,5,7,12H2,(H,27,29)(H,28,32). The second-order valence-electron chi connectivity index (χ2n) is 7.10. The molecule has 10 heteroatoms. The molecule has 0 saturated carbocycles. The molecule has 0 aliphatic rings. The molecule has 0 saturated heterocycles. The number of hydrogen-bond acceptors (Lipinski definition) is 6. The van der Waals surface area contributed by atoms with Crippen LogP contribution in [0.15, 0.2) is 55.2 Å². The molecule has 0 aliphatic carbocycles. The number of nitrogens with one attached hydrogen (secondary N) is 2. The average Bonchev–Trinajstić information content (AvgIpc) is 3.29. The van der Waals surface area contributed by atoms with Crippen LogP contribution in [0.4, 0.5) is 5.82 Å². The maximum absolute atomic E-state index is 12.8. The van der Waals surface area contributed by atoms with Crippen molar-refractivity contribution >= 4 is 45.8 Å². The van der Waals surface area contributed by atoms with Crippen LogP contribution in [-0.4, -0.2) is 37.1 Å². The first-order valence-electron chi connectivity index (χ1n) is 9.92. The summed E-state index contributed by atoms with van der Waals surface area (Å²) in [6.07, 6.45) is 7.76. The molecule has 0 radical (unpaired) electrons. The van der Waals surface area contributed by atoms with E-state index < -0.39 is 5.91 Å². The summed E-state index contributed by atoms with van der Waals surface area (Å²) >= 11 is 12.0. The van der Waals surface area contributed by atoms with Gasteiger partial charge in [-0.1, -0.05) is 23.2 Å². The van der Waals surface area contributed by atoms with Gasteiger partial charge in [0.2, 0.25) is 0 Å². The highest BCUT2D eigenvalue weighted by atomic mass is 35.5. The number of hydrogen-bond donors (Lipinski definition) is 3. The number of aromatic hydroxyl groups is 1. The van der Waals surface area contributed by atoms with Crippen molar-refractivity contribution in [3.8, 4) is 5.75 Å². The third kappa shape index (κ3) is 5.09. The molecule has 0 atom stereocenters. The normalized spacial score (nSPS) is 10.9. The fourth-order valence-corrected chi connectivity index (χ4v) is 3.85. The minimum absolute atomic E-state index is 0.110. The maximum atomic E-state index is 12.8. The lowest BCUT2D eigenvalue weighted by Crippen LogP contribution is -2.24. The van der Waals surface area contributed by atoms with E-state index in [0.717, 1.165) is 18.5 Å². The molecular formula is C22H20Cl2N6O2. The van der Waals surface area contributed by atoms with Crippen LogP contribution >= 0.6 is 23.2 Å². The molecule has 164 valence electrons. The number of carbonyl (C=O) groups excluding carboxylic acids is 1. The summed E-state index contributed by atoms with van der Waals surface area (Å²) in [5, 5.41) is 18.2. The summed E-state index contributed by atoms with van der Waals surface area (Å²) in [6.45, 7) is 1.58. The Morgan fingerprint density at radius 2 is 1.97 bits per heavy atom. The van der Waals surface area contributed by atoms with E-state index in [4.69, 9.17) is 23.2 Å². The second kappa shape index (κ2) is 9.84. The largest absolute Gasteiger partial charge is 0.504 e. The van der Waals surface area contributed by atoms with Crippen molar-refractivity contribution in [2.75, 3.05) is 11.9 Å². The summed E-state index contributed by atoms with van der Waals surface area (Å²) in [4.78, 5) is 25.5. The number of imidazole rings is 1. The van der Waals surface area contributed by atoms with Crippen molar-refractivity contribution in [2.24, 2.45) is 0 Å². The van der Waals surface area contributed by atoms with Gasteiger partial charge in [0.05, 0.1) is 6.33 Å². The van der Waals surface area contributed by atoms with Gasteiger partial charge in [-0.3, -0.25) is 9.78 Å². The van der Waals surface area contributed by atoms with Crippen LogP contribution in [0, 0.1) is 0 Å². The monoisotopic (exact) mass is 470 g/mol. The molecular weight excluding hydrogens is 451 g/mol. The summed E-state index contributed by atoms with van der Waals surface area (Å²) in [5.41, 5.74) is 0.920. The Hall–Kier alpha value is -3.36. The van der Waals surface area contributed by atoms with E-state index in [-0.39, 0.29) is 18.0 Å². The number of aryl methyl sites for hydroxylation is 1. The number of aromatic nitrogens is 4. The summed E-state index contributed by atoms with van der Waals surface area (Å²) in [7, 11) is 0. The van der Waals surface area contributed by atoms with Crippen molar-refractivity contribution < 1.29 is 9.90 Å². The number of benzene rings is 1.